The van der Waals surface area contributed by atoms with Crippen molar-refractivity contribution >= 4 is 11.8 Å². The van der Waals surface area contributed by atoms with Gasteiger partial charge in [0, 0.05) is 56.5 Å². The fourth-order valence-corrected chi connectivity index (χ4v) is 5.74. The Bertz CT molecular complexity index is 1210. The molecule has 0 radical (unpaired) electrons. The molecule has 3 atom stereocenters. The third-order valence-corrected chi connectivity index (χ3v) is 6.97. The summed E-state index contributed by atoms with van der Waals surface area (Å²) in [5.74, 6) is 0.536. The van der Waals surface area contributed by atoms with Crippen molar-refractivity contribution in [3.8, 4) is 11.8 Å². The first-order chi connectivity index (χ1) is 16.9. The van der Waals surface area contributed by atoms with Gasteiger partial charge in [0.15, 0.2) is 0 Å². The highest BCUT2D eigenvalue weighted by atomic mass is 16.5. The fraction of sp³-hybridized carbons (Fsp3) is 0.333. The first kappa shape index (κ1) is 23.0. The van der Waals surface area contributed by atoms with Gasteiger partial charge >= 0.3 is 6.01 Å². The predicted molar refractivity (Wildman–Crippen MR) is 131 cm³/mol. The maximum Gasteiger partial charge on any atom is 0.321 e. The lowest BCUT2D eigenvalue weighted by molar-refractivity contribution is -0.122. The van der Waals surface area contributed by atoms with E-state index < -0.39 is 5.54 Å². The topological polar surface area (TPSA) is 87.7 Å². The third-order valence-electron chi connectivity index (χ3n) is 6.97. The molecule has 0 saturated carbocycles. The molecule has 2 fully saturated rings. The van der Waals surface area contributed by atoms with Crippen LogP contribution in [0.4, 0.5) is 0 Å². The van der Waals surface area contributed by atoms with E-state index in [1.54, 1.807) is 49.6 Å². The predicted octanol–water partition coefficient (Wildman–Crippen LogP) is 3.29. The number of fused-ring (bicyclic) bond motifs is 1. The normalized spacial score (nSPS) is 24.0. The maximum absolute atomic E-state index is 13.6. The van der Waals surface area contributed by atoms with Crippen LogP contribution in [0.3, 0.4) is 0 Å². The number of piperidine rings is 1. The van der Waals surface area contributed by atoms with Crippen LogP contribution >= 0.6 is 0 Å². The standard InChI is InChI=1S/C27H29N5O3/c1-19(33)30-27-17-31(2)24(20-8-4-3-5-9-20)23(27)12-15-32(18-27)25(34)21-10-6-11-22(16-21)35-26-28-13-7-14-29-26/h3-11,13-14,16,23-24H,12,15,17-18H2,1-2H3,(H,30,33)/t23-,24-,27+/m1/s1. The molecule has 180 valence electrons. The Morgan fingerprint density at radius 2 is 1.80 bits per heavy atom. The van der Waals surface area contributed by atoms with Gasteiger partial charge in [0.2, 0.25) is 5.91 Å². The highest BCUT2D eigenvalue weighted by Crippen LogP contribution is 2.47. The van der Waals surface area contributed by atoms with Crippen molar-refractivity contribution < 1.29 is 14.3 Å². The molecule has 2 saturated heterocycles. The molecule has 8 heteroatoms. The van der Waals surface area contributed by atoms with E-state index in [-0.39, 0.29) is 29.8 Å². The zero-order valence-electron chi connectivity index (χ0n) is 19.9. The van der Waals surface area contributed by atoms with Crippen LogP contribution in [-0.4, -0.2) is 63.8 Å². The summed E-state index contributed by atoms with van der Waals surface area (Å²) in [6, 6.07) is 19.6. The van der Waals surface area contributed by atoms with Crippen LogP contribution in [0.25, 0.3) is 0 Å². The van der Waals surface area contributed by atoms with E-state index in [0.29, 0.717) is 30.9 Å². The second-order valence-corrected chi connectivity index (χ2v) is 9.39. The monoisotopic (exact) mass is 471 g/mol. The molecule has 2 amide bonds. The van der Waals surface area contributed by atoms with E-state index in [2.05, 4.69) is 51.5 Å². The van der Waals surface area contributed by atoms with Crippen molar-refractivity contribution in [2.24, 2.45) is 5.92 Å². The highest BCUT2D eigenvalue weighted by Gasteiger charge is 2.55. The van der Waals surface area contributed by atoms with Gasteiger partial charge in [-0.1, -0.05) is 36.4 Å². The quantitative estimate of drug-likeness (QED) is 0.615. The minimum Gasteiger partial charge on any atom is -0.424 e. The molecule has 3 heterocycles. The Morgan fingerprint density at radius 3 is 2.54 bits per heavy atom. The third kappa shape index (κ3) is 4.61. The number of likely N-dealkylation sites (tertiary alicyclic amines) is 2. The Kier molecular flexibility index (Phi) is 6.21. The minimum atomic E-state index is -0.513. The molecule has 2 aromatic carbocycles. The van der Waals surface area contributed by atoms with Gasteiger partial charge in [0.1, 0.15) is 5.75 Å². The minimum absolute atomic E-state index is 0.0790. The van der Waals surface area contributed by atoms with Crippen molar-refractivity contribution in [2.45, 2.75) is 24.9 Å². The van der Waals surface area contributed by atoms with Gasteiger partial charge in [0.05, 0.1) is 5.54 Å². The lowest BCUT2D eigenvalue weighted by atomic mass is 9.75. The van der Waals surface area contributed by atoms with Crippen LogP contribution in [0.2, 0.25) is 0 Å². The second kappa shape index (κ2) is 9.46. The number of nitrogens with zero attached hydrogens (tertiary/aromatic N) is 4. The average Bonchev–Trinajstić information content (AvgIpc) is 3.14. The number of hydrogen-bond donors (Lipinski definition) is 1. The van der Waals surface area contributed by atoms with Gasteiger partial charge in [-0.2, -0.15) is 0 Å². The van der Waals surface area contributed by atoms with Gasteiger partial charge < -0.3 is 15.0 Å². The fourth-order valence-electron chi connectivity index (χ4n) is 5.74. The van der Waals surface area contributed by atoms with Crippen LogP contribution in [0.1, 0.15) is 35.3 Å². The first-order valence-corrected chi connectivity index (χ1v) is 11.8. The number of carbonyl (C=O) groups is 2. The Morgan fingerprint density at radius 1 is 1.03 bits per heavy atom. The van der Waals surface area contributed by atoms with E-state index in [4.69, 9.17) is 4.74 Å². The summed E-state index contributed by atoms with van der Waals surface area (Å²) in [4.78, 5) is 38.2. The van der Waals surface area contributed by atoms with Crippen LogP contribution in [0.5, 0.6) is 11.8 Å². The van der Waals surface area contributed by atoms with Crippen LogP contribution in [0.15, 0.2) is 73.1 Å². The van der Waals surface area contributed by atoms with Crippen LogP contribution in [-0.2, 0) is 4.79 Å². The summed E-state index contributed by atoms with van der Waals surface area (Å²) in [5, 5.41) is 3.25. The molecule has 0 spiro atoms. The van der Waals surface area contributed by atoms with E-state index in [9.17, 15) is 9.59 Å². The Hall–Kier alpha value is -3.78. The number of likely N-dealkylation sites (N-methyl/N-ethyl adjacent to an activating group) is 1. The average molecular weight is 472 g/mol. The van der Waals surface area contributed by atoms with Crippen molar-refractivity contribution in [1.82, 2.24) is 25.1 Å². The number of amides is 2. The van der Waals surface area contributed by atoms with E-state index in [1.165, 1.54) is 5.56 Å². The summed E-state index contributed by atoms with van der Waals surface area (Å²) in [5.41, 5.74) is 1.25. The largest absolute Gasteiger partial charge is 0.424 e. The van der Waals surface area contributed by atoms with Crippen molar-refractivity contribution in [3.63, 3.8) is 0 Å². The van der Waals surface area contributed by atoms with Gasteiger partial charge in [-0.25, -0.2) is 9.97 Å². The molecule has 0 bridgehead atoms. The van der Waals surface area contributed by atoms with Crippen molar-refractivity contribution in [2.75, 3.05) is 26.7 Å². The number of rotatable bonds is 5. The molecular weight excluding hydrogens is 442 g/mol. The summed E-state index contributed by atoms with van der Waals surface area (Å²) in [7, 11) is 2.10. The van der Waals surface area contributed by atoms with Crippen LogP contribution < -0.4 is 10.1 Å². The van der Waals surface area contributed by atoms with E-state index in [1.807, 2.05) is 11.0 Å². The second-order valence-electron chi connectivity index (χ2n) is 9.39. The lowest BCUT2D eigenvalue weighted by Gasteiger charge is -2.45. The molecule has 2 aliphatic rings. The summed E-state index contributed by atoms with van der Waals surface area (Å²) in [6.07, 6.45) is 4.00. The zero-order chi connectivity index (χ0) is 24.4. The first-order valence-electron chi connectivity index (χ1n) is 11.8. The van der Waals surface area contributed by atoms with Crippen molar-refractivity contribution in [1.29, 1.82) is 0 Å². The smallest absolute Gasteiger partial charge is 0.321 e. The number of hydrogen-bond acceptors (Lipinski definition) is 6. The Balaban J connectivity index is 1.39. The molecule has 1 N–H and O–H groups in total. The molecule has 1 aromatic heterocycles. The molecule has 0 unspecified atom stereocenters. The van der Waals surface area contributed by atoms with Gasteiger partial charge in [-0.05, 0) is 43.3 Å². The molecule has 8 nitrogen and oxygen atoms in total. The van der Waals surface area contributed by atoms with E-state index in [0.717, 1.165) is 6.42 Å². The van der Waals surface area contributed by atoms with Crippen LogP contribution in [0, 0.1) is 5.92 Å². The number of nitrogens with one attached hydrogen (secondary N) is 1. The Labute approximate surface area is 204 Å². The molecule has 35 heavy (non-hydrogen) atoms. The SMILES string of the molecule is CC(=O)N[C@@]12CN(C(=O)c3cccc(Oc4ncccn4)c3)CC[C@@H]1[C@@H](c1ccccc1)N(C)C2. The summed E-state index contributed by atoms with van der Waals surface area (Å²) in [6.45, 7) is 3.30. The zero-order valence-corrected chi connectivity index (χ0v) is 19.9. The number of ether oxygens (including phenoxy) is 1. The van der Waals surface area contributed by atoms with Crippen molar-refractivity contribution in [3.05, 3.63) is 84.2 Å². The van der Waals surface area contributed by atoms with Gasteiger partial charge in [0.25, 0.3) is 5.91 Å². The molecule has 3 aromatic rings. The summed E-state index contributed by atoms with van der Waals surface area (Å²) >= 11 is 0. The molecule has 0 aliphatic carbocycles. The maximum atomic E-state index is 13.6. The summed E-state index contributed by atoms with van der Waals surface area (Å²) < 4.78 is 5.72. The van der Waals surface area contributed by atoms with E-state index >= 15 is 0 Å². The number of aromatic nitrogens is 2. The molecule has 2 aliphatic heterocycles. The number of benzene rings is 2. The van der Waals surface area contributed by atoms with Gasteiger partial charge in [-0.15, -0.1) is 0 Å². The molecule has 5 rings (SSSR count). The highest BCUT2D eigenvalue weighted by molar-refractivity contribution is 5.95. The molecular formula is C27H29N5O3. The lowest BCUT2D eigenvalue weighted by Crippen LogP contribution is -2.64. The van der Waals surface area contributed by atoms with Gasteiger partial charge in [-0.3, -0.25) is 14.5 Å². The number of carbonyl (C=O) groups excluding carboxylic acids is 2.